The van der Waals surface area contributed by atoms with Crippen LogP contribution in [0.2, 0.25) is 0 Å². The highest BCUT2D eigenvalue weighted by Gasteiger charge is 2.29. The standard InChI is InChI=1S/C22H23F2NO5S/c1-2-29-21(26)20(12-15-6-4-3-5-7-15)25-31(27,28)19-11-9-16-13-18(30-22(23)24)10-8-17(16)14-19/h3-8,10,13-14,20,22,25H,2,9,11-12H2,1H3. The number of carbonyl (C=O) groups excluding carboxylic acids is 1. The number of benzene rings is 2. The van der Waals surface area contributed by atoms with Gasteiger partial charge in [0.1, 0.15) is 11.8 Å². The fraction of sp³-hybridized carbons (Fsp3) is 0.318. The monoisotopic (exact) mass is 451 g/mol. The first-order valence-electron chi connectivity index (χ1n) is 9.79. The molecule has 2 aromatic carbocycles. The number of alkyl halides is 2. The molecule has 0 heterocycles. The van der Waals surface area contributed by atoms with Crippen LogP contribution in [0.15, 0.2) is 53.4 Å². The van der Waals surface area contributed by atoms with Gasteiger partial charge in [0.05, 0.1) is 11.5 Å². The van der Waals surface area contributed by atoms with Gasteiger partial charge in [-0.2, -0.15) is 13.5 Å². The molecule has 1 atom stereocenters. The van der Waals surface area contributed by atoms with E-state index in [1.165, 1.54) is 24.3 Å². The lowest BCUT2D eigenvalue weighted by Crippen LogP contribution is -2.43. The van der Waals surface area contributed by atoms with E-state index in [-0.39, 0.29) is 30.1 Å². The number of esters is 1. The number of hydrogen-bond donors (Lipinski definition) is 1. The van der Waals surface area contributed by atoms with Gasteiger partial charge < -0.3 is 9.47 Å². The normalized spacial score (nSPS) is 14.5. The molecule has 1 unspecified atom stereocenters. The third kappa shape index (κ3) is 6.11. The van der Waals surface area contributed by atoms with Crippen LogP contribution in [-0.2, 0) is 32.4 Å². The van der Waals surface area contributed by atoms with Gasteiger partial charge in [-0.3, -0.25) is 4.79 Å². The van der Waals surface area contributed by atoms with Gasteiger partial charge in [0.2, 0.25) is 10.0 Å². The highest BCUT2D eigenvalue weighted by atomic mass is 32.2. The Morgan fingerprint density at radius 1 is 1.13 bits per heavy atom. The molecule has 0 saturated carbocycles. The summed E-state index contributed by atoms with van der Waals surface area (Å²) in [5.41, 5.74) is 2.10. The molecule has 2 aromatic rings. The maximum absolute atomic E-state index is 13.0. The Labute approximate surface area is 179 Å². The van der Waals surface area contributed by atoms with Gasteiger partial charge in [0, 0.05) is 0 Å². The Hall–Kier alpha value is -2.78. The fourth-order valence-electron chi connectivity index (χ4n) is 3.36. The second-order valence-corrected chi connectivity index (χ2v) is 8.73. The van der Waals surface area contributed by atoms with Crippen molar-refractivity contribution >= 4 is 22.1 Å². The highest BCUT2D eigenvalue weighted by Crippen LogP contribution is 2.30. The smallest absolute Gasteiger partial charge is 0.387 e. The van der Waals surface area contributed by atoms with E-state index in [0.29, 0.717) is 17.5 Å². The van der Waals surface area contributed by atoms with Gasteiger partial charge in [0.25, 0.3) is 0 Å². The third-order valence-corrected chi connectivity index (χ3v) is 6.40. The molecule has 6 nitrogen and oxygen atoms in total. The Morgan fingerprint density at radius 2 is 1.87 bits per heavy atom. The average Bonchev–Trinajstić information content (AvgIpc) is 2.73. The van der Waals surface area contributed by atoms with Crippen LogP contribution in [0, 0.1) is 0 Å². The van der Waals surface area contributed by atoms with Crippen molar-refractivity contribution in [3.8, 4) is 5.75 Å². The maximum atomic E-state index is 13.0. The second kappa shape index (κ2) is 10.0. The lowest BCUT2D eigenvalue weighted by atomic mass is 9.97. The van der Waals surface area contributed by atoms with E-state index in [1.54, 1.807) is 31.2 Å². The summed E-state index contributed by atoms with van der Waals surface area (Å²) >= 11 is 0. The summed E-state index contributed by atoms with van der Waals surface area (Å²) in [6, 6.07) is 12.3. The first-order valence-corrected chi connectivity index (χ1v) is 11.3. The van der Waals surface area contributed by atoms with E-state index in [1.807, 2.05) is 6.07 Å². The molecule has 1 aliphatic rings. The van der Waals surface area contributed by atoms with Crippen molar-refractivity contribution in [3.63, 3.8) is 0 Å². The first kappa shape index (κ1) is 22.9. The number of rotatable bonds is 9. The molecule has 0 aromatic heterocycles. The molecule has 31 heavy (non-hydrogen) atoms. The molecule has 0 amide bonds. The maximum Gasteiger partial charge on any atom is 0.387 e. The van der Waals surface area contributed by atoms with Crippen LogP contribution >= 0.6 is 0 Å². The molecule has 0 saturated heterocycles. The summed E-state index contributed by atoms with van der Waals surface area (Å²) in [6.07, 6.45) is 2.14. The van der Waals surface area contributed by atoms with Crippen molar-refractivity contribution < 1.29 is 31.5 Å². The second-order valence-electron chi connectivity index (χ2n) is 6.97. The Balaban J connectivity index is 1.81. The number of sulfonamides is 1. The summed E-state index contributed by atoms with van der Waals surface area (Å²) < 4.78 is 62.7. The van der Waals surface area contributed by atoms with Crippen LogP contribution < -0.4 is 9.46 Å². The Morgan fingerprint density at radius 3 is 2.55 bits per heavy atom. The van der Waals surface area contributed by atoms with Crippen molar-refractivity contribution in [3.05, 3.63) is 70.1 Å². The van der Waals surface area contributed by atoms with Gasteiger partial charge in [-0.15, -0.1) is 0 Å². The van der Waals surface area contributed by atoms with E-state index < -0.39 is 28.6 Å². The van der Waals surface area contributed by atoms with Crippen LogP contribution in [0.4, 0.5) is 8.78 Å². The zero-order chi connectivity index (χ0) is 22.4. The number of ether oxygens (including phenoxy) is 2. The van der Waals surface area contributed by atoms with Crippen molar-refractivity contribution in [2.24, 2.45) is 0 Å². The predicted molar refractivity (Wildman–Crippen MR) is 112 cm³/mol. The van der Waals surface area contributed by atoms with E-state index >= 15 is 0 Å². The average molecular weight is 451 g/mol. The summed E-state index contributed by atoms with van der Waals surface area (Å²) in [7, 11) is -3.98. The zero-order valence-electron chi connectivity index (χ0n) is 16.9. The zero-order valence-corrected chi connectivity index (χ0v) is 17.7. The molecule has 3 rings (SSSR count). The minimum Gasteiger partial charge on any atom is -0.465 e. The summed E-state index contributed by atoms with van der Waals surface area (Å²) in [5, 5.41) is 0. The minimum absolute atomic E-state index is 0.0248. The van der Waals surface area contributed by atoms with Crippen LogP contribution in [0.1, 0.15) is 30.0 Å². The van der Waals surface area contributed by atoms with Crippen molar-refractivity contribution in [2.75, 3.05) is 6.61 Å². The fourth-order valence-corrected chi connectivity index (χ4v) is 4.72. The van der Waals surface area contributed by atoms with Crippen LogP contribution in [0.25, 0.3) is 6.08 Å². The molecule has 9 heteroatoms. The van der Waals surface area contributed by atoms with Gasteiger partial charge in [0.15, 0.2) is 0 Å². The van der Waals surface area contributed by atoms with Crippen LogP contribution in [0.3, 0.4) is 0 Å². The van der Waals surface area contributed by atoms with Crippen molar-refractivity contribution in [2.45, 2.75) is 38.8 Å². The lowest BCUT2D eigenvalue weighted by molar-refractivity contribution is -0.145. The molecular formula is C22H23F2NO5S. The highest BCUT2D eigenvalue weighted by molar-refractivity contribution is 7.93. The molecule has 1 aliphatic carbocycles. The molecule has 0 spiro atoms. The van der Waals surface area contributed by atoms with Crippen LogP contribution in [-0.4, -0.2) is 33.6 Å². The lowest BCUT2D eigenvalue weighted by Gasteiger charge is -2.21. The molecule has 1 N–H and O–H groups in total. The molecule has 0 fully saturated rings. The first-order chi connectivity index (χ1) is 14.8. The van der Waals surface area contributed by atoms with Gasteiger partial charge in [-0.25, -0.2) is 8.42 Å². The summed E-state index contributed by atoms with van der Waals surface area (Å²) in [5.74, 6) is -0.627. The van der Waals surface area contributed by atoms with E-state index in [4.69, 9.17) is 4.74 Å². The largest absolute Gasteiger partial charge is 0.465 e. The predicted octanol–water partition coefficient (Wildman–Crippen LogP) is 3.67. The van der Waals surface area contributed by atoms with Gasteiger partial charge in [-0.1, -0.05) is 36.4 Å². The van der Waals surface area contributed by atoms with E-state index in [2.05, 4.69) is 9.46 Å². The number of allylic oxidation sites excluding steroid dienone is 1. The number of nitrogens with one attached hydrogen (secondary N) is 1. The van der Waals surface area contributed by atoms with Gasteiger partial charge in [-0.05, 0) is 61.1 Å². The molecule has 0 aliphatic heterocycles. The number of halogens is 2. The summed E-state index contributed by atoms with van der Waals surface area (Å²) in [6.45, 7) is -1.15. The Bertz CT molecular complexity index is 1050. The quantitative estimate of drug-likeness (QED) is 0.589. The SMILES string of the molecule is CCOC(=O)C(Cc1ccccc1)NS(=O)(=O)C1=Cc2ccc(OC(F)F)cc2CC1. The number of hydrogen-bond acceptors (Lipinski definition) is 5. The van der Waals surface area contributed by atoms with E-state index in [0.717, 1.165) is 5.56 Å². The molecular weight excluding hydrogens is 428 g/mol. The number of carbonyl (C=O) groups is 1. The van der Waals surface area contributed by atoms with Crippen LogP contribution in [0.5, 0.6) is 5.75 Å². The minimum atomic E-state index is -3.98. The number of aryl methyl sites for hydroxylation is 1. The number of fused-ring (bicyclic) bond motifs is 1. The van der Waals surface area contributed by atoms with Crippen molar-refractivity contribution in [1.82, 2.24) is 4.72 Å². The molecule has 0 radical (unpaired) electrons. The summed E-state index contributed by atoms with van der Waals surface area (Å²) in [4.78, 5) is 12.5. The Kier molecular flexibility index (Phi) is 7.40. The molecule has 0 bridgehead atoms. The van der Waals surface area contributed by atoms with Crippen molar-refractivity contribution in [1.29, 1.82) is 0 Å². The third-order valence-electron chi connectivity index (χ3n) is 4.79. The molecule has 166 valence electrons. The van der Waals surface area contributed by atoms with E-state index in [9.17, 15) is 22.0 Å². The topological polar surface area (TPSA) is 81.7 Å². The van der Waals surface area contributed by atoms with Gasteiger partial charge >= 0.3 is 12.6 Å².